The summed E-state index contributed by atoms with van der Waals surface area (Å²) in [5.74, 6) is -1.32. The molecule has 2 atom stereocenters. The summed E-state index contributed by atoms with van der Waals surface area (Å²) in [5, 5.41) is 2.47. The Morgan fingerprint density at radius 2 is 1.57 bits per heavy atom. The van der Waals surface area contributed by atoms with Gasteiger partial charge in [-0.3, -0.25) is 4.79 Å². The highest BCUT2D eigenvalue weighted by Gasteiger charge is 2.33. The summed E-state index contributed by atoms with van der Waals surface area (Å²) < 4.78 is 15.9. The molecule has 0 aliphatic rings. The van der Waals surface area contributed by atoms with Gasteiger partial charge in [0.05, 0.1) is 12.5 Å². The van der Waals surface area contributed by atoms with Gasteiger partial charge < -0.3 is 19.5 Å². The van der Waals surface area contributed by atoms with E-state index in [1.54, 1.807) is 13.0 Å². The molecular formula is C28H43NO6. The summed E-state index contributed by atoms with van der Waals surface area (Å²) in [7, 11) is 0. The molecular weight excluding hydrogens is 446 g/mol. The minimum atomic E-state index is -1.19. The Labute approximate surface area is 210 Å². The van der Waals surface area contributed by atoms with E-state index in [2.05, 4.69) is 11.9 Å². The number of ether oxygens (including phenoxy) is 3. The molecule has 0 saturated heterocycles. The molecule has 35 heavy (non-hydrogen) atoms. The number of esters is 2. The van der Waals surface area contributed by atoms with Crippen molar-refractivity contribution in [2.75, 3.05) is 6.61 Å². The Morgan fingerprint density at radius 1 is 0.971 bits per heavy atom. The van der Waals surface area contributed by atoms with Crippen LogP contribution in [0, 0.1) is 5.92 Å². The lowest BCUT2D eigenvalue weighted by atomic mass is 9.98. The van der Waals surface area contributed by atoms with Gasteiger partial charge in [-0.1, -0.05) is 75.2 Å². The van der Waals surface area contributed by atoms with Crippen molar-refractivity contribution in [3.05, 3.63) is 60.7 Å². The van der Waals surface area contributed by atoms with Crippen LogP contribution in [0.4, 0.5) is 4.79 Å². The van der Waals surface area contributed by atoms with Gasteiger partial charge in [0.15, 0.2) is 6.04 Å². The van der Waals surface area contributed by atoms with E-state index in [-0.39, 0.29) is 25.1 Å². The lowest BCUT2D eigenvalue weighted by Crippen LogP contribution is -2.50. The summed E-state index contributed by atoms with van der Waals surface area (Å²) in [6.07, 6.45) is 7.51. The van der Waals surface area contributed by atoms with E-state index in [4.69, 9.17) is 14.2 Å². The first-order valence-electron chi connectivity index (χ1n) is 12.4. The van der Waals surface area contributed by atoms with E-state index in [1.807, 2.05) is 70.2 Å². The molecule has 1 aromatic carbocycles. The summed E-state index contributed by atoms with van der Waals surface area (Å²) in [6.45, 7) is 13.3. The molecule has 1 aromatic rings. The summed E-state index contributed by atoms with van der Waals surface area (Å²) in [4.78, 5) is 37.5. The first-order valence-corrected chi connectivity index (χ1v) is 12.4. The summed E-state index contributed by atoms with van der Waals surface area (Å²) in [6, 6.07) is 7.99. The van der Waals surface area contributed by atoms with Crippen molar-refractivity contribution in [2.24, 2.45) is 5.92 Å². The zero-order chi connectivity index (χ0) is 26.5. The standard InChI is InChI=1S/C24H35NO6.C4H8/c1-5-8-16-29-24(28)25-21(23(27)30-17-19-14-10-9-11-15-19)18(4)31-22(26)20(12-6-2)13-7-3;1-3-4-2/h5,9-11,14-15,18,20-21H,1,6-8,12-13,16-17H2,2-4H3,(H,25,28);3-4H,1-2H3/b;4-3-/t18-,21?;/m1./s1. The highest BCUT2D eigenvalue weighted by molar-refractivity contribution is 5.82. The van der Waals surface area contributed by atoms with E-state index >= 15 is 0 Å². The summed E-state index contributed by atoms with van der Waals surface area (Å²) >= 11 is 0. The number of rotatable bonds is 14. The van der Waals surface area contributed by atoms with E-state index < -0.39 is 24.2 Å². The molecule has 0 aliphatic heterocycles. The van der Waals surface area contributed by atoms with E-state index in [0.29, 0.717) is 19.3 Å². The lowest BCUT2D eigenvalue weighted by molar-refractivity contribution is -0.161. The second kappa shape index (κ2) is 20.3. The van der Waals surface area contributed by atoms with Crippen LogP contribution in [-0.4, -0.2) is 36.8 Å². The maximum absolute atomic E-state index is 12.7. The molecule has 0 fully saturated rings. The first-order chi connectivity index (χ1) is 16.8. The molecule has 1 amide bonds. The van der Waals surface area contributed by atoms with Gasteiger partial charge in [0.25, 0.3) is 0 Å². The molecule has 0 aliphatic carbocycles. The van der Waals surface area contributed by atoms with Crippen LogP contribution in [0.25, 0.3) is 0 Å². The number of benzene rings is 1. The maximum Gasteiger partial charge on any atom is 0.407 e. The van der Waals surface area contributed by atoms with Crippen LogP contribution in [0.2, 0.25) is 0 Å². The Morgan fingerprint density at radius 3 is 2.09 bits per heavy atom. The van der Waals surface area contributed by atoms with Gasteiger partial charge in [0.1, 0.15) is 12.7 Å². The minimum absolute atomic E-state index is 0.0400. The van der Waals surface area contributed by atoms with Gasteiger partial charge in [-0.05, 0) is 45.6 Å². The van der Waals surface area contributed by atoms with Gasteiger partial charge in [0.2, 0.25) is 0 Å². The fourth-order valence-electron chi connectivity index (χ4n) is 3.01. The number of carbonyl (C=O) groups excluding carboxylic acids is 3. The molecule has 1 unspecified atom stereocenters. The van der Waals surface area contributed by atoms with Gasteiger partial charge in [-0.2, -0.15) is 0 Å². The normalized spacial score (nSPS) is 12.2. The van der Waals surface area contributed by atoms with Crippen molar-refractivity contribution >= 4 is 18.0 Å². The van der Waals surface area contributed by atoms with E-state index in [9.17, 15) is 14.4 Å². The average molecular weight is 490 g/mol. The topological polar surface area (TPSA) is 90.9 Å². The quantitative estimate of drug-likeness (QED) is 0.146. The van der Waals surface area contributed by atoms with Gasteiger partial charge in [-0.25, -0.2) is 9.59 Å². The van der Waals surface area contributed by atoms with Crippen LogP contribution in [0.3, 0.4) is 0 Å². The van der Waals surface area contributed by atoms with Crippen molar-refractivity contribution < 1.29 is 28.6 Å². The smallest absolute Gasteiger partial charge is 0.407 e. The van der Waals surface area contributed by atoms with Crippen molar-refractivity contribution in [3.8, 4) is 0 Å². The van der Waals surface area contributed by atoms with E-state index in [0.717, 1.165) is 18.4 Å². The molecule has 0 spiro atoms. The second-order valence-corrected chi connectivity index (χ2v) is 8.01. The van der Waals surface area contributed by atoms with Crippen LogP contribution < -0.4 is 5.32 Å². The largest absolute Gasteiger partial charge is 0.460 e. The fourth-order valence-corrected chi connectivity index (χ4v) is 3.01. The third-order valence-electron chi connectivity index (χ3n) is 5.02. The monoisotopic (exact) mass is 489 g/mol. The number of nitrogens with one attached hydrogen (secondary N) is 1. The summed E-state index contributed by atoms with van der Waals surface area (Å²) in [5.41, 5.74) is 0.804. The molecule has 1 N–H and O–H groups in total. The van der Waals surface area contributed by atoms with Crippen LogP contribution >= 0.6 is 0 Å². The Kier molecular flexibility index (Phi) is 18.5. The number of amides is 1. The Hall–Kier alpha value is -3.09. The molecule has 0 radical (unpaired) electrons. The molecule has 1 rings (SSSR count). The second-order valence-electron chi connectivity index (χ2n) is 8.01. The van der Waals surface area contributed by atoms with Gasteiger partial charge in [-0.15, -0.1) is 6.58 Å². The minimum Gasteiger partial charge on any atom is -0.460 e. The van der Waals surface area contributed by atoms with Crippen LogP contribution in [0.5, 0.6) is 0 Å². The van der Waals surface area contributed by atoms with E-state index in [1.165, 1.54) is 0 Å². The van der Waals surface area contributed by atoms with Gasteiger partial charge in [0, 0.05) is 0 Å². The molecule has 0 bridgehead atoms. The Bertz CT molecular complexity index is 752. The Balaban J connectivity index is 0.00000267. The molecule has 0 saturated carbocycles. The van der Waals surface area contributed by atoms with Crippen molar-refractivity contribution in [1.82, 2.24) is 5.32 Å². The van der Waals surface area contributed by atoms with Crippen molar-refractivity contribution in [2.45, 2.75) is 85.5 Å². The zero-order valence-corrected chi connectivity index (χ0v) is 22.0. The molecule has 0 aromatic heterocycles. The molecule has 7 heteroatoms. The molecule has 196 valence electrons. The number of carbonyl (C=O) groups is 3. The average Bonchev–Trinajstić information content (AvgIpc) is 2.86. The third kappa shape index (κ3) is 14.7. The predicted octanol–water partition coefficient (Wildman–Crippen LogP) is 6.13. The number of alkyl carbamates (subject to hydrolysis) is 1. The predicted molar refractivity (Wildman–Crippen MR) is 139 cm³/mol. The van der Waals surface area contributed by atoms with Crippen LogP contribution in [0.1, 0.15) is 72.3 Å². The van der Waals surface area contributed by atoms with Crippen LogP contribution in [0.15, 0.2) is 55.1 Å². The van der Waals surface area contributed by atoms with Crippen molar-refractivity contribution in [1.29, 1.82) is 0 Å². The highest BCUT2D eigenvalue weighted by atomic mass is 16.6. The first kappa shape index (κ1) is 31.9. The SMILES string of the molecule is C/C=C\C.C=CCCOC(=O)NC(C(=O)OCc1ccccc1)[C@@H](C)OC(=O)C(CCC)CCC. The fraction of sp³-hybridized carbons (Fsp3) is 0.536. The lowest BCUT2D eigenvalue weighted by Gasteiger charge is -2.25. The molecule has 7 nitrogen and oxygen atoms in total. The van der Waals surface area contributed by atoms with Crippen molar-refractivity contribution in [3.63, 3.8) is 0 Å². The molecule has 0 heterocycles. The van der Waals surface area contributed by atoms with Crippen LogP contribution in [-0.2, 0) is 30.4 Å². The van der Waals surface area contributed by atoms with Gasteiger partial charge >= 0.3 is 18.0 Å². The zero-order valence-electron chi connectivity index (χ0n) is 22.0. The number of hydrogen-bond acceptors (Lipinski definition) is 6. The number of allylic oxidation sites excluding steroid dienone is 2. The number of hydrogen-bond donors (Lipinski definition) is 1. The maximum atomic E-state index is 12.7. The highest BCUT2D eigenvalue weighted by Crippen LogP contribution is 2.17. The third-order valence-corrected chi connectivity index (χ3v) is 5.02.